The minimum atomic E-state index is -0.862. The van der Waals surface area contributed by atoms with E-state index in [4.69, 9.17) is 17.3 Å². The first-order valence-corrected chi connectivity index (χ1v) is 7.46. The molecule has 2 aromatic rings. The van der Waals surface area contributed by atoms with Crippen molar-refractivity contribution < 1.29 is 9.59 Å². The van der Waals surface area contributed by atoms with Gasteiger partial charge in [0.15, 0.2) is 0 Å². The Morgan fingerprint density at radius 2 is 1.55 bits per heavy atom. The van der Waals surface area contributed by atoms with Crippen molar-refractivity contribution >= 4 is 29.1 Å². The molecular weight excluding hydrogens is 300 g/mol. The summed E-state index contributed by atoms with van der Waals surface area (Å²) in [7, 11) is 0. The predicted octanol–water partition coefficient (Wildman–Crippen LogP) is 2.88. The Hall–Kier alpha value is -2.33. The van der Waals surface area contributed by atoms with Crippen LogP contribution in [0, 0.1) is 0 Å². The smallest absolute Gasteiger partial charge is 0.245 e. The molecule has 0 radical (unpaired) electrons. The summed E-state index contributed by atoms with van der Waals surface area (Å²) < 4.78 is 0. The van der Waals surface area contributed by atoms with E-state index in [2.05, 4.69) is 0 Å². The largest absolute Gasteiger partial charge is 0.368 e. The number of benzene rings is 2. The zero-order valence-electron chi connectivity index (χ0n) is 12.0. The third kappa shape index (κ3) is 3.65. The summed E-state index contributed by atoms with van der Waals surface area (Å²) in [6.07, 6.45) is 0.132. The highest BCUT2D eigenvalue weighted by Gasteiger charge is 2.30. The summed E-state index contributed by atoms with van der Waals surface area (Å²) in [5.74, 6) is -0.644. The minimum Gasteiger partial charge on any atom is -0.368 e. The molecule has 0 saturated carbocycles. The molecule has 0 heterocycles. The number of alkyl halides is 1. The molecule has 22 heavy (non-hydrogen) atoms. The molecule has 0 unspecified atom stereocenters. The van der Waals surface area contributed by atoms with E-state index in [0.717, 1.165) is 0 Å². The third-order valence-corrected chi connectivity index (χ3v) is 3.44. The van der Waals surface area contributed by atoms with Crippen molar-refractivity contribution in [2.24, 2.45) is 5.73 Å². The minimum absolute atomic E-state index is 0.132. The van der Waals surface area contributed by atoms with Crippen LogP contribution in [0.2, 0.25) is 0 Å². The highest BCUT2D eigenvalue weighted by atomic mass is 35.5. The van der Waals surface area contributed by atoms with Gasteiger partial charge in [-0.15, -0.1) is 11.6 Å². The van der Waals surface area contributed by atoms with Gasteiger partial charge in [-0.3, -0.25) is 14.5 Å². The lowest BCUT2D eigenvalue weighted by atomic mass is 10.0. The van der Waals surface area contributed by atoms with Gasteiger partial charge in [-0.2, -0.15) is 0 Å². The molecule has 0 saturated heterocycles. The fourth-order valence-corrected chi connectivity index (χ4v) is 2.46. The van der Waals surface area contributed by atoms with E-state index < -0.39 is 11.9 Å². The highest BCUT2D eigenvalue weighted by Crippen LogP contribution is 2.28. The Morgan fingerprint density at radius 1 is 1.00 bits per heavy atom. The molecule has 4 nitrogen and oxygen atoms in total. The van der Waals surface area contributed by atoms with Gasteiger partial charge < -0.3 is 5.73 Å². The maximum Gasteiger partial charge on any atom is 0.245 e. The summed E-state index contributed by atoms with van der Waals surface area (Å²) in [5.41, 5.74) is 6.86. The van der Waals surface area contributed by atoms with Gasteiger partial charge in [0.25, 0.3) is 0 Å². The number of nitrogens with zero attached hydrogens (tertiary/aromatic N) is 1. The van der Waals surface area contributed by atoms with Gasteiger partial charge in [0, 0.05) is 18.0 Å². The Bertz CT molecular complexity index is 632. The molecule has 2 aromatic carbocycles. The molecule has 0 fully saturated rings. The number of hydrogen-bond acceptors (Lipinski definition) is 2. The first-order chi connectivity index (χ1) is 10.6. The van der Waals surface area contributed by atoms with Crippen LogP contribution in [0.5, 0.6) is 0 Å². The standard InChI is InChI=1S/C17H17ClN2O2/c18-12-11-15(21)20(14-9-5-2-6-10-14)16(17(19)22)13-7-3-1-4-8-13/h1-10,16H,11-12H2,(H2,19,22)/t16-/m0/s1. The molecule has 0 spiro atoms. The summed E-state index contributed by atoms with van der Waals surface area (Å²) >= 11 is 5.69. The van der Waals surface area contributed by atoms with Crippen molar-refractivity contribution in [2.45, 2.75) is 12.5 Å². The van der Waals surface area contributed by atoms with Crippen LogP contribution < -0.4 is 10.6 Å². The maximum absolute atomic E-state index is 12.5. The molecule has 2 rings (SSSR count). The number of amides is 2. The van der Waals surface area contributed by atoms with Gasteiger partial charge in [-0.1, -0.05) is 48.5 Å². The van der Waals surface area contributed by atoms with Crippen LogP contribution in [0.15, 0.2) is 60.7 Å². The molecule has 0 aliphatic heterocycles. The van der Waals surface area contributed by atoms with Crippen LogP contribution in [0.4, 0.5) is 5.69 Å². The SMILES string of the molecule is NC(=O)[C@H](c1ccccc1)N(C(=O)CCCl)c1ccccc1. The van der Waals surface area contributed by atoms with Gasteiger partial charge in [-0.25, -0.2) is 0 Å². The highest BCUT2D eigenvalue weighted by molar-refractivity contribution is 6.19. The summed E-state index contributed by atoms with van der Waals surface area (Å²) in [6.45, 7) is 0. The van der Waals surface area contributed by atoms with Gasteiger partial charge in [0.1, 0.15) is 6.04 Å². The third-order valence-electron chi connectivity index (χ3n) is 3.25. The Labute approximate surface area is 134 Å². The maximum atomic E-state index is 12.5. The zero-order valence-corrected chi connectivity index (χ0v) is 12.7. The Morgan fingerprint density at radius 3 is 2.05 bits per heavy atom. The van der Waals surface area contributed by atoms with Crippen molar-refractivity contribution in [2.75, 3.05) is 10.8 Å². The second-order valence-electron chi connectivity index (χ2n) is 4.75. The number of hydrogen-bond donors (Lipinski definition) is 1. The normalized spacial score (nSPS) is 11.7. The van der Waals surface area contributed by atoms with Gasteiger partial charge in [-0.05, 0) is 17.7 Å². The van der Waals surface area contributed by atoms with E-state index in [1.807, 2.05) is 12.1 Å². The van der Waals surface area contributed by atoms with Crippen molar-refractivity contribution in [1.29, 1.82) is 0 Å². The van der Waals surface area contributed by atoms with E-state index in [1.165, 1.54) is 4.90 Å². The van der Waals surface area contributed by atoms with Crippen molar-refractivity contribution in [3.05, 3.63) is 66.2 Å². The number of halogens is 1. The second-order valence-corrected chi connectivity index (χ2v) is 5.13. The lowest BCUT2D eigenvalue weighted by Gasteiger charge is -2.30. The molecule has 0 aliphatic rings. The van der Waals surface area contributed by atoms with Crippen molar-refractivity contribution in [1.82, 2.24) is 0 Å². The topological polar surface area (TPSA) is 63.4 Å². The first-order valence-electron chi connectivity index (χ1n) is 6.92. The van der Waals surface area contributed by atoms with E-state index in [-0.39, 0.29) is 18.2 Å². The first kappa shape index (κ1) is 16.0. The number of anilines is 1. The lowest BCUT2D eigenvalue weighted by Crippen LogP contribution is -2.42. The number of primary amides is 1. The average Bonchev–Trinajstić information content (AvgIpc) is 2.54. The fourth-order valence-electron chi connectivity index (χ4n) is 2.30. The Balaban J connectivity index is 2.50. The van der Waals surface area contributed by atoms with Crippen LogP contribution in [-0.4, -0.2) is 17.7 Å². The van der Waals surface area contributed by atoms with Crippen LogP contribution in [0.3, 0.4) is 0 Å². The van der Waals surface area contributed by atoms with Crippen molar-refractivity contribution in [3.63, 3.8) is 0 Å². The molecule has 2 amide bonds. The average molecular weight is 317 g/mol. The molecular formula is C17H17ClN2O2. The molecule has 2 N–H and O–H groups in total. The van der Waals surface area contributed by atoms with E-state index >= 15 is 0 Å². The number of para-hydroxylation sites is 1. The van der Waals surface area contributed by atoms with Crippen LogP contribution in [0.1, 0.15) is 18.0 Å². The van der Waals surface area contributed by atoms with Gasteiger partial charge in [0.05, 0.1) is 0 Å². The fraction of sp³-hybridized carbons (Fsp3) is 0.176. The zero-order chi connectivity index (χ0) is 15.9. The Kier molecular flexibility index (Phi) is 5.55. The van der Waals surface area contributed by atoms with E-state index in [0.29, 0.717) is 11.3 Å². The van der Waals surface area contributed by atoms with E-state index in [9.17, 15) is 9.59 Å². The van der Waals surface area contributed by atoms with Crippen molar-refractivity contribution in [3.8, 4) is 0 Å². The molecule has 5 heteroatoms. The number of nitrogens with two attached hydrogens (primary N) is 1. The molecule has 0 aromatic heterocycles. The number of carbonyl (C=O) groups is 2. The monoisotopic (exact) mass is 316 g/mol. The molecule has 0 aliphatic carbocycles. The van der Waals surface area contributed by atoms with Gasteiger partial charge >= 0.3 is 0 Å². The van der Waals surface area contributed by atoms with E-state index in [1.54, 1.807) is 48.5 Å². The quantitative estimate of drug-likeness (QED) is 0.833. The lowest BCUT2D eigenvalue weighted by molar-refractivity contribution is -0.124. The molecule has 1 atom stereocenters. The number of carbonyl (C=O) groups excluding carboxylic acids is 2. The van der Waals surface area contributed by atoms with Crippen LogP contribution in [-0.2, 0) is 9.59 Å². The van der Waals surface area contributed by atoms with Gasteiger partial charge in [0.2, 0.25) is 11.8 Å². The number of rotatable bonds is 6. The summed E-state index contributed by atoms with van der Waals surface area (Å²) in [4.78, 5) is 25.9. The molecule has 114 valence electrons. The summed E-state index contributed by atoms with van der Waals surface area (Å²) in [6, 6.07) is 17.1. The predicted molar refractivity (Wildman–Crippen MR) is 87.6 cm³/mol. The van der Waals surface area contributed by atoms with Crippen LogP contribution in [0.25, 0.3) is 0 Å². The van der Waals surface area contributed by atoms with Crippen LogP contribution >= 0.6 is 11.6 Å². The second kappa shape index (κ2) is 7.61. The summed E-state index contributed by atoms with van der Waals surface area (Å²) in [5, 5.41) is 0. The molecule has 0 bridgehead atoms.